The van der Waals surface area contributed by atoms with Crippen LogP contribution in [0.4, 0.5) is 5.69 Å². The molecule has 0 saturated heterocycles. The lowest BCUT2D eigenvalue weighted by atomic mass is 10.0. The van der Waals surface area contributed by atoms with Crippen molar-refractivity contribution < 1.29 is 0 Å². The summed E-state index contributed by atoms with van der Waals surface area (Å²) in [5, 5.41) is 4.47. The molecule has 1 aliphatic rings. The van der Waals surface area contributed by atoms with E-state index in [0.29, 0.717) is 6.04 Å². The monoisotopic (exact) mass is 349 g/mol. The van der Waals surface area contributed by atoms with E-state index in [1.807, 2.05) is 12.1 Å². The van der Waals surface area contributed by atoms with Crippen LogP contribution in [-0.4, -0.2) is 0 Å². The van der Waals surface area contributed by atoms with Crippen LogP contribution in [0.5, 0.6) is 0 Å². The maximum atomic E-state index is 5.99. The molecule has 104 valence electrons. The van der Waals surface area contributed by atoms with Gasteiger partial charge < -0.3 is 5.32 Å². The minimum Gasteiger partial charge on any atom is -0.377 e. The van der Waals surface area contributed by atoms with Crippen molar-refractivity contribution in [1.82, 2.24) is 0 Å². The number of halogens is 2. The lowest BCUT2D eigenvalue weighted by molar-refractivity contribution is 0.678. The number of anilines is 1. The van der Waals surface area contributed by atoms with Gasteiger partial charge in [0.2, 0.25) is 0 Å². The number of hydrogen-bond acceptors (Lipinski definition) is 1. The third-order valence-corrected chi connectivity index (χ3v) is 4.67. The first-order valence-electron chi connectivity index (χ1n) is 6.91. The van der Waals surface area contributed by atoms with Gasteiger partial charge in [0.05, 0.1) is 6.04 Å². The van der Waals surface area contributed by atoms with E-state index in [0.717, 1.165) is 21.1 Å². The van der Waals surface area contributed by atoms with Crippen molar-refractivity contribution in [1.29, 1.82) is 0 Å². The Bertz CT molecular complexity index is 605. The van der Waals surface area contributed by atoms with Gasteiger partial charge in [0.1, 0.15) is 0 Å². The van der Waals surface area contributed by atoms with Crippen molar-refractivity contribution in [3.8, 4) is 0 Å². The Morgan fingerprint density at radius 3 is 2.45 bits per heavy atom. The summed E-state index contributed by atoms with van der Waals surface area (Å²) in [6.45, 7) is 2.10. The smallest absolute Gasteiger partial charge is 0.0542 e. The van der Waals surface area contributed by atoms with Gasteiger partial charge in [-0.25, -0.2) is 0 Å². The molecule has 0 aromatic heterocycles. The van der Waals surface area contributed by atoms with Gasteiger partial charge in [-0.2, -0.15) is 0 Å². The second-order valence-electron chi connectivity index (χ2n) is 5.49. The van der Waals surface area contributed by atoms with E-state index in [1.165, 1.54) is 24.0 Å². The SMILES string of the molecule is Cc1ccc(NC(c2ccc(Cl)cc2)C2CC2)c(Br)c1. The van der Waals surface area contributed by atoms with Gasteiger partial charge in [-0.1, -0.05) is 29.8 Å². The Balaban J connectivity index is 1.86. The van der Waals surface area contributed by atoms with Crippen LogP contribution in [0.3, 0.4) is 0 Å². The second kappa shape index (κ2) is 5.79. The normalized spacial score (nSPS) is 15.9. The van der Waals surface area contributed by atoms with E-state index >= 15 is 0 Å². The number of rotatable bonds is 4. The van der Waals surface area contributed by atoms with Crippen LogP contribution in [0.1, 0.15) is 30.0 Å². The lowest BCUT2D eigenvalue weighted by Gasteiger charge is -2.21. The van der Waals surface area contributed by atoms with Crippen molar-refractivity contribution in [2.75, 3.05) is 5.32 Å². The predicted octanol–water partition coefficient (Wildman–Crippen LogP) is 5.97. The molecule has 3 rings (SSSR count). The standard InChI is InChI=1S/C17H17BrClN/c1-11-2-9-16(15(18)10-11)20-17(12-3-4-12)13-5-7-14(19)8-6-13/h2,5-10,12,17,20H,3-4H2,1H3. The molecule has 3 heteroatoms. The first-order chi connectivity index (χ1) is 9.63. The van der Waals surface area contributed by atoms with E-state index in [2.05, 4.69) is 58.5 Å². The average Bonchev–Trinajstić information content (AvgIpc) is 3.24. The summed E-state index contributed by atoms with van der Waals surface area (Å²) in [6.07, 6.45) is 2.59. The highest BCUT2D eigenvalue weighted by Crippen LogP contribution is 2.43. The van der Waals surface area contributed by atoms with Gasteiger partial charge in [-0.15, -0.1) is 0 Å². The summed E-state index contributed by atoms with van der Waals surface area (Å²) in [5.74, 6) is 0.726. The number of aryl methyl sites for hydroxylation is 1. The maximum absolute atomic E-state index is 5.99. The highest BCUT2D eigenvalue weighted by Gasteiger charge is 2.32. The molecule has 1 N–H and O–H groups in total. The predicted molar refractivity (Wildman–Crippen MR) is 89.4 cm³/mol. The van der Waals surface area contributed by atoms with Crippen LogP contribution in [0.2, 0.25) is 5.02 Å². The van der Waals surface area contributed by atoms with Crippen LogP contribution in [-0.2, 0) is 0 Å². The summed E-state index contributed by atoms with van der Waals surface area (Å²) in [7, 11) is 0. The van der Waals surface area contributed by atoms with E-state index < -0.39 is 0 Å². The van der Waals surface area contributed by atoms with Crippen molar-refractivity contribution in [3.63, 3.8) is 0 Å². The fourth-order valence-corrected chi connectivity index (χ4v) is 3.21. The second-order valence-corrected chi connectivity index (χ2v) is 6.79. The molecule has 1 unspecified atom stereocenters. The molecule has 0 spiro atoms. The summed E-state index contributed by atoms with van der Waals surface area (Å²) in [6, 6.07) is 15.0. The average molecular weight is 351 g/mol. The van der Waals surface area contributed by atoms with Crippen LogP contribution >= 0.6 is 27.5 Å². The Hall–Kier alpha value is -0.990. The molecule has 0 heterocycles. The molecular weight excluding hydrogens is 334 g/mol. The third-order valence-electron chi connectivity index (χ3n) is 3.76. The molecule has 1 fully saturated rings. The third kappa shape index (κ3) is 3.18. The fraction of sp³-hybridized carbons (Fsp3) is 0.294. The van der Waals surface area contributed by atoms with Crippen molar-refractivity contribution in [3.05, 3.63) is 63.1 Å². The van der Waals surface area contributed by atoms with Gasteiger partial charge in [0.15, 0.2) is 0 Å². The highest BCUT2D eigenvalue weighted by molar-refractivity contribution is 9.10. The molecule has 20 heavy (non-hydrogen) atoms. The first-order valence-corrected chi connectivity index (χ1v) is 8.09. The van der Waals surface area contributed by atoms with Gasteiger partial charge >= 0.3 is 0 Å². The molecule has 0 aliphatic heterocycles. The van der Waals surface area contributed by atoms with Crippen molar-refractivity contribution >= 4 is 33.2 Å². The molecule has 1 atom stereocenters. The molecule has 1 nitrogen and oxygen atoms in total. The fourth-order valence-electron chi connectivity index (χ4n) is 2.48. The molecule has 1 aliphatic carbocycles. The minimum atomic E-state index is 0.367. The Labute approximate surface area is 133 Å². The van der Waals surface area contributed by atoms with Gasteiger partial charge in [-0.3, -0.25) is 0 Å². The van der Waals surface area contributed by atoms with E-state index in [4.69, 9.17) is 11.6 Å². The minimum absolute atomic E-state index is 0.367. The molecule has 0 amide bonds. The molecule has 1 saturated carbocycles. The number of benzene rings is 2. The summed E-state index contributed by atoms with van der Waals surface area (Å²) < 4.78 is 1.12. The van der Waals surface area contributed by atoms with E-state index in [1.54, 1.807) is 0 Å². The Morgan fingerprint density at radius 2 is 1.85 bits per heavy atom. The van der Waals surface area contributed by atoms with Crippen molar-refractivity contribution in [2.45, 2.75) is 25.8 Å². The largest absolute Gasteiger partial charge is 0.377 e. The van der Waals surface area contributed by atoms with E-state index in [-0.39, 0.29) is 0 Å². The number of hydrogen-bond donors (Lipinski definition) is 1. The molecule has 0 bridgehead atoms. The van der Waals surface area contributed by atoms with Crippen LogP contribution in [0.15, 0.2) is 46.9 Å². The summed E-state index contributed by atoms with van der Waals surface area (Å²) in [4.78, 5) is 0. The summed E-state index contributed by atoms with van der Waals surface area (Å²) >= 11 is 9.63. The quantitative estimate of drug-likeness (QED) is 0.716. The Morgan fingerprint density at radius 1 is 1.15 bits per heavy atom. The molecule has 2 aromatic rings. The molecule has 2 aromatic carbocycles. The van der Waals surface area contributed by atoms with Gasteiger partial charge in [0.25, 0.3) is 0 Å². The van der Waals surface area contributed by atoms with Crippen molar-refractivity contribution in [2.24, 2.45) is 5.92 Å². The highest BCUT2D eigenvalue weighted by atomic mass is 79.9. The van der Waals surface area contributed by atoms with Gasteiger partial charge in [-0.05, 0) is 77.0 Å². The lowest BCUT2D eigenvalue weighted by Crippen LogP contribution is -2.13. The molecular formula is C17H17BrClN. The number of nitrogens with one attached hydrogen (secondary N) is 1. The Kier molecular flexibility index (Phi) is 4.04. The van der Waals surface area contributed by atoms with Crippen LogP contribution in [0.25, 0.3) is 0 Å². The maximum Gasteiger partial charge on any atom is 0.0542 e. The first kappa shape index (κ1) is 14.0. The zero-order chi connectivity index (χ0) is 14.1. The zero-order valence-corrected chi connectivity index (χ0v) is 13.7. The van der Waals surface area contributed by atoms with Gasteiger partial charge in [0, 0.05) is 15.2 Å². The van der Waals surface area contributed by atoms with E-state index in [9.17, 15) is 0 Å². The summed E-state index contributed by atoms with van der Waals surface area (Å²) in [5.41, 5.74) is 3.73. The van der Waals surface area contributed by atoms with Crippen LogP contribution < -0.4 is 5.32 Å². The topological polar surface area (TPSA) is 12.0 Å². The van der Waals surface area contributed by atoms with Crippen LogP contribution in [0, 0.1) is 12.8 Å². The zero-order valence-electron chi connectivity index (χ0n) is 11.4. The molecule has 0 radical (unpaired) electrons.